The van der Waals surface area contributed by atoms with Crippen LogP contribution in [-0.4, -0.2) is 34.2 Å². The van der Waals surface area contributed by atoms with Crippen LogP contribution in [0.2, 0.25) is 5.02 Å². The van der Waals surface area contributed by atoms with Gasteiger partial charge in [-0.15, -0.1) is 0 Å². The maximum atomic E-state index is 13.0. The van der Waals surface area contributed by atoms with E-state index >= 15 is 0 Å². The molecule has 152 valence electrons. The van der Waals surface area contributed by atoms with Gasteiger partial charge in [-0.05, 0) is 62.9 Å². The summed E-state index contributed by atoms with van der Waals surface area (Å²) in [6.07, 6.45) is 1.60. The lowest BCUT2D eigenvalue weighted by Crippen LogP contribution is -2.28. The Balaban J connectivity index is 2.00. The highest BCUT2D eigenvalue weighted by Gasteiger charge is 2.30. The van der Waals surface area contributed by atoms with Crippen molar-refractivity contribution >= 4 is 37.3 Å². The van der Waals surface area contributed by atoms with Crippen LogP contribution in [0.4, 0.5) is 5.69 Å². The summed E-state index contributed by atoms with van der Waals surface area (Å²) >= 11 is 6.13. The van der Waals surface area contributed by atoms with Crippen molar-refractivity contribution in [1.29, 1.82) is 0 Å². The van der Waals surface area contributed by atoms with Gasteiger partial charge >= 0.3 is 0 Å². The van der Waals surface area contributed by atoms with Crippen molar-refractivity contribution in [2.24, 2.45) is 0 Å². The van der Waals surface area contributed by atoms with E-state index in [4.69, 9.17) is 11.6 Å². The lowest BCUT2D eigenvalue weighted by molar-refractivity contribution is 0.477. The van der Waals surface area contributed by atoms with Crippen molar-refractivity contribution < 1.29 is 16.8 Å². The smallest absolute Gasteiger partial charge is 0.262 e. The molecule has 0 unspecified atom stereocenters. The summed E-state index contributed by atoms with van der Waals surface area (Å²) in [6, 6.07) is 7.74. The standard InChI is InChI=1S/C19H23ClN2O4S2/c1-13-10-14(2)19(15(3)11-13)27(23,24)21-16-6-7-17(20)18(12-16)28(25,26)22-8-4-5-9-22/h6-7,10-12,21H,4-5,8-9H2,1-3H3. The summed E-state index contributed by atoms with van der Waals surface area (Å²) in [7, 11) is -7.65. The van der Waals surface area contributed by atoms with Gasteiger partial charge in [0.2, 0.25) is 10.0 Å². The molecule has 9 heteroatoms. The summed E-state index contributed by atoms with van der Waals surface area (Å²) in [5, 5.41) is 0.0672. The van der Waals surface area contributed by atoms with E-state index < -0.39 is 20.0 Å². The Morgan fingerprint density at radius 1 is 0.929 bits per heavy atom. The van der Waals surface area contributed by atoms with Crippen LogP contribution in [0.5, 0.6) is 0 Å². The molecule has 1 fully saturated rings. The Hall–Kier alpha value is -1.61. The molecule has 1 aliphatic rings. The molecule has 1 N–H and O–H groups in total. The molecule has 0 atom stereocenters. The molecule has 0 spiro atoms. The molecule has 6 nitrogen and oxygen atoms in total. The van der Waals surface area contributed by atoms with Gasteiger partial charge in [0.1, 0.15) is 4.90 Å². The lowest BCUT2D eigenvalue weighted by atomic mass is 10.1. The number of benzene rings is 2. The molecule has 0 radical (unpaired) electrons. The van der Waals surface area contributed by atoms with Crippen molar-refractivity contribution in [3.8, 4) is 0 Å². The van der Waals surface area contributed by atoms with E-state index in [-0.39, 0.29) is 20.5 Å². The van der Waals surface area contributed by atoms with Gasteiger partial charge in [-0.25, -0.2) is 16.8 Å². The summed E-state index contributed by atoms with van der Waals surface area (Å²) in [4.78, 5) is 0.102. The van der Waals surface area contributed by atoms with Crippen molar-refractivity contribution in [2.45, 2.75) is 43.4 Å². The van der Waals surface area contributed by atoms with Crippen LogP contribution in [0.1, 0.15) is 29.5 Å². The highest BCUT2D eigenvalue weighted by Crippen LogP contribution is 2.31. The molecule has 1 aliphatic heterocycles. The Kier molecular flexibility index (Phi) is 5.78. The zero-order chi connectivity index (χ0) is 20.7. The molecular formula is C19H23ClN2O4S2. The molecule has 0 aliphatic carbocycles. The van der Waals surface area contributed by atoms with Gasteiger partial charge in [0.25, 0.3) is 10.0 Å². The minimum Gasteiger partial charge on any atom is -0.280 e. The van der Waals surface area contributed by atoms with E-state index in [0.717, 1.165) is 18.4 Å². The number of halogens is 1. The third kappa shape index (κ3) is 4.05. The van der Waals surface area contributed by atoms with E-state index in [0.29, 0.717) is 24.2 Å². The van der Waals surface area contributed by atoms with Gasteiger partial charge in [0, 0.05) is 13.1 Å². The number of aryl methyl sites for hydroxylation is 3. The Bertz CT molecular complexity index is 1100. The van der Waals surface area contributed by atoms with Gasteiger partial charge in [-0.2, -0.15) is 4.31 Å². The minimum atomic E-state index is -3.89. The second-order valence-electron chi connectivity index (χ2n) is 7.09. The van der Waals surface area contributed by atoms with Crippen LogP contribution in [0.3, 0.4) is 0 Å². The van der Waals surface area contributed by atoms with Crippen LogP contribution >= 0.6 is 11.6 Å². The second-order valence-corrected chi connectivity index (χ2v) is 11.0. The summed E-state index contributed by atoms with van der Waals surface area (Å²) in [5.41, 5.74) is 2.38. The van der Waals surface area contributed by atoms with E-state index in [9.17, 15) is 16.8 Å². The van der Waals surface area contributed by atoms with Crippen LogP contribution < -0.4 is 4.72 Å². The second kappa shape index (κ2) is 7.67. The summed E-state index contributed by atoms with van der Waals surface area (Å²) in [6.45, 7) is 6.25. The highest BCUT2D eigenvalue weighted by molar-refractivity contribution is 7.92. The van der Waals surface area contributed by atoms with E-state index in [2.05, 4.69) is 4.72 Å². The number of rotatable bonds is 5. The predicted molar refractivity (Wildman–Crippen MR) is 111 cm³/mol. The molecule has 2 aromatic carbocycles. The van der Waals surface area contributed by atoms with Crippen LogP contribution in [0, 0.1) is 20.8 Å². The summed E-state index contributed by atoms with van der Waals surface area (Å²) < 4.78 is 55.5. The Morgan fingerprint density at radius 3 is 2.07 bits per heavy atom. The molecule has 3 rings (SSSR count). The monoisotopic (exact) mass is 442 g/mol. The maximum absolute atomic E-state index is 13.0. The number of nitrogens with zero attached hydrogens (tertiary/aromatic N) is 1. The average molecular weight is 443 g/mol. The van der Waals surface area contributed by atoms with E-state index in [1.807, 2.05) is 6.92 Å². The molecule has 0 bridgehead atoms. The zero-order valence-electron chi connectivity index (χ0n) is 16.0. The fourth-order valence-electron chi connectivity index (χ4n) is 3.63. The molecule has 28 heavy (non-hydrogen) atoms. The topological polar surface area (TPSA) is 83.5 Å². The first kappa shape index (κ1) is 21.1. The highest BCUT2D eigenvalue weighted by atomic mass is 35.5. The summed E-state index contributed by atoms with van der Waals surface area (Å²) in [5.74, 6) is 0. The fourth-order valence-corrected chi connectivity index (χ4v) is 7.15. The Labute approximate surface area is 171 Å². The van der Waals surface area contributed by atoms with Crippen molar-refractivity contribution in [2.75, 3.05) is 17.8 Å². The average Bonchev–Trinajstić information content (AvgIpc) is 3.10. The normalized spacial score (nSPS) is 15.7. The van der Waals surface area contributed by atoms with Crippen LogP contribution in [0.25, 0.3) is 0 Å². The molecule has 0 amide bonds. The number of hydrogen-bond donors (Lipinski definition) is 1. The first-order valence-electron chi connectivity index (χ1n) is 8.93. The molecular weight excluding hydrogens is 420 g/mol. The zero-order valence-corrected chi connectivity index (χ0v) is 18.4. The molecule has 0 aromatic heterocycles. The Morgan fingerprint density at radius 2 is 1.50 bits per heavy atom. The number of anilines is 1. The van der Waals surface area contributed by atoms with Crippen molar-refractivity contribution in [3.63, 3.8) is 0 Å². The predicted octanol–water partition coefficient (Wildman–Crippen LogP) is 3.85. The molecule has 1 heterocycles. The van der Waals surface area contributed by atoms with Gasteiger partial charge in [-0.1, -0.05) is 29.3 Å². The first-order valence-corrected chi connectivity index (χ1v) is 12.2. The number of hydrogen-bond acceptors (Lipinski definition) is 4. The van der Waals surface area contributed by atoms with Crippen molar-refractivity contribution in [3.05, 3.63) is 52.0 Å². The van der Waals surface area contributed by atoms with Gasteiger partial charge in [0.05, 0.1) is 15.6 Å². The largest absolute Gasteiger partial charge is 0.280 e. The third-order valence-electron chi connectivity index (χ3n) is 4.74. The first-order chi connectivity index (χ1) is 13.0. The van der Waals surface area contributed by atoms with Gasteiger partial charge in [-0.3, -0.25) is 4.72 Å². The molecule has 2 aromatic rings. The number of sulfonamides is 2. The molecule has 1 saturated heterocycles. The SMILES string of the molecule is Cc1cc(C)c(S(=O)(=O)Nc2ccc(Cl)c(S(=O)(=O)N3CCCC3)c2)c(C)c1. The van der Waals surface area contributed by atoms with Crippen LogP contribution in [0.15, 0.2) is 40.1 Å². The van der Waals surface area contributed by atoms with Crippen LogP contribution in [-0.2, 0) is 20.0 Å². The van der Waals surface area contributed by atoms with Crippen molar-refractivity contribution in [1.82, 2.24) is 4.31 Å². The maximum Gasteiger partial charge on any atom is 0.262 e. The minimum absolute atomic E-state index is 0.0672. The quantitative estimate of drug-likeness (QED) is 0.762. The van der Waals surface area contributed by atoms with Gasteiger partial charge in [0.15, 0.2) is 0 Å². The fraction of sp³-hybridized carbons (Fsp3) is 0.368. The van der Waals surface area contributed by atoms with E-state index in [1.54, 1.807) is 26.0 Å². The lowest BCUT2D eigenvalue weighted by Gasteiger charge is -2.18. The van der Waals surface area contributed by atoms with E-state index in [1.165, 1.54) is 22.5 Å². The molecule has 0 saturated carbocycles. The third-order valence-corrected chi connectivity index (χ3v) is 8.81. The van der Waals surface area contributed by atoms with Gasteiger partial charge < -0.3 is 0 Å². The number of nitrogens with one attached hydrogen (secondary N) is 1.